The van der Waals surface area contributed by atoms with E-state index in [1.807, 2.05) is 19.9 Å². The summed E-state index contributed by atoms with van der Waals surface area (Å²) in [6, 6.07) is 7.21. The van der Waals surface area contributed by atoms with Crippen LogP contribution in [0.15, 0.2) is 72.4 Å². The molecule has 0 aromatic heterocycles. The van der Waals surface area contributed by atoms with Crippen LogP contribution >= 0.6 is 0 Å². The van der Waals surface area contributed by atoms with Crippen molar-refractivity contribution in [1.82, 2.24) is 0 Å². The normalized spacial score (nSPS) is 21.9. The minimum Gasteiger partial charge on any atom is -0.376 e. The first-order valence-corrected chi connectivity index (χ1v) is 7.73. The summed E-state index contributed by atoms with van der Waals surface area (Å²) in [6.45, 7) is 4.03. The number of carbonyl (C=O) groups is 1. The Morgan fingerprint density at radius 1 is 1.12 bits per heavy atom. The lowest BCUT2D eigenvalue weighted by molar-refractivity contribution is -0.205. The highest BCUT2D eigenvalue weighted by molar-refractivity contribution is 6.04. The van der Waals surface area contributed by atoms with Crippen LogP contribution in [0, 0.1) is 0 Å². The molecule has 0 spiro atoms. The van der Waals surface area contributed by atoms with E-state index in [9.17, 15) is 20.1 Å². The van der Waals surface area contributed by atoms with Gasteiger partial charge in [0.1, 0.15) is 0 Å². The van der Waals surface area contributed by atoms with Crippen LogP contribution in [0.5, 0.6) is 0 Å². The first kappa shape index (κ1) is 18.1. The Kier molecular flexibility index (Phi) is 5.34. The number of rotatable bonds is 5. The average Bonchev–Trinajstić information content (AvgIpc) is 2.54. The van der Waals surface area contributed by atoms with E-state index in [4.69, 9.17) is 0 Å². The molecule has 0 fully saturated rings. The van der Waals surface area contributed by atoms with E-state index in [1.165, 1.54) is 23.8 Å². The number of aliphatic hydroxyl groups is 3. The highest BCUT2D eigenvalue weighted by atomic mass is 16.5. The third-order valence-corrected chi connectivity index (χ3v) is 3.83. The summed E-state index contributed by atoms with van der Waals surface area (Å²) in [5, 5.41) is 30.0. The van der Waals surface area contributed by atoms with Crippen molar-refractivity contribution < 1.29 is 20.1 Å². The van der Waals surface area contributed by atoms with Crippen molar-refractivity contribution in [2.24, 2.45) is 0 Å². The fourth-order valence-electron chi connectivity index (χ4n) is 2.30. The van der Waals surface area contributed by atoms with Gasteiger partial charge >= 0.3 is 0 Å². The van der Waals surface area contributed by atoms with E-state index >= 15 is 0 Å². The van der Waals surface area contributed by atoms with Gasteiger partial charge in [-0.3, -0.25) is 4.79 Å². The lowest BCUT2D eigenvalue weighted by Gasteiger charge is -2.34. The second kappa shape index (κ2) is 7.09. The van der Waals surface area contributed by atoms with Crippen LogP contribution in [-0.2, 0) is 6.42 Å². The summed E-state index contributed by atoms with van der Waals surface area (Å²) in [5.74, 6) is -2.77. The number of ketones is 1. The maximum absolute atomic E-state index is 12.3. The van der Waals surface area contributed by atoms with Crippen LogP contribution in [0.1, 0.15) is 29.8 Å². The number of hydrogen-bond donors (Lipinski definition) is 3. The Bertz CT molecular complexity index is 734. The predicted octanol–water partition coefficient (Wildman–Crippen LogP) is 2.47. The van der Waals surface area contributed by atoms with Crippen LogP contribution in [0.3, 0.4) is 0 Å². The van der Waals surface area contributed by atoms with Crippen LogP contribution in [0.25, 0.3) is 0 Å². The average molecular weight is 326 g/mol. The van der Waals surface area contributed by atoms with E-state index < -0.39 is 11.4 Å². The number of hydrogen-bond acceptors (Lipinski definition) is 4. The fourth-order valence-corrected chi connectivity index (χ4v) is 2.30. The quantitative estimate of drug-likeness (QED) is 0.336. The van der Waals surface area contributed by atoms with Gasteiger partial charge in [0.2, 0.25) is 5.79 Å². The molecule has 0 heterocycles. The monoisotopic (exact) mass is 326 g/mol. The summed E-state index contributed by atoms with van der Waals surface area (Å²) in [5.41, 5.74) is 0.643. The molecular formula is C20H22O4. The zero-order valence-corrected chi connectivity index (χ0v) is 13.8. The van der Waals surface area contributed by atoms with Gasteiger partial charge in [-0.25, -0.2) is 0 Å². The van der Waals surface area contributed by atoms with Gasteiger partial charge in [0.25, 0.3) is 0 Å². The van der Waals surface area contributed by atoms with Crippen LogP contribution in [-0.4, -0.2) is 32.5 Å². The second-order valence-electron chi connectivity index (χ2n) is 6.15. The van der Waals surface area contributed by atoms with Crippen molar-refractivity contribution in [2.75, 3.05) is 0 Å². The maximum Gasteiger partial charge on any atom is 0.220 e. The molecule has 24 heavy (non-hydrogen) atoms. The first-order valence-electron chi connectivity index (χ1n) is 7.73. The molecule has 1 aliphatic carbocycles. The summed E-state index contributed by atoms with van der Waals surface area (Å²) >= 11 is 0. The van der Waals surface area contributed by atoms with E-state index in [-0.39, 0.29) is 5.78 Å². The Labute approximate surface area is 141 Å². The molecule has 3 N–H and O–H groups in total. The molecule has 0 radical (unpaired) electrons. The highest BCUT2D eigenvalue weighted by Crippen LogP contribution is 2.28. The molecule has 0 saturated heterocycles. The largest absolute Gasteiger partial charge is 0.376 e. The molecule has 0 aliphatic heterocycles. The molecule has 1 unspecified atom stereocenters. The van der Waals surface area contributed by atoms with Crippen LogP contribution in [0.2, 0.25) is 0 Å². The number of carbonyl (C=O) groups excluding carboxylic acids is 1. The summed E-state index contributed by atoms with van der Waals surface area (Å²) < 4.78 is 0. The zero-order valence-electron chi connectivity index (χ0n) is 13.8. The lowest BCUT2D eigenvalue weighted by Crippen LogP contribution is -2.51. The van der Waals surface area contributed by atoms with Crippen molar-refractivity contribution in [3.63, 3.8) is 0 Å². The van der Waals surface area contributed by atoms with Gasteiger partial charge in [-0.2, -0.15) is 0 Å². The van der Waals surface area contributed by atoms with Gasteiger partial charge in [-0.05, 0) is 56.2 Å². The van der Waals surface area contributed by atoms with E-state index in [2.05, 4.69) is 6.08 Å². The Morgan fingerprint density at radius 2 is 1.83 bits per heavy atom. The molecule has 2 rings (SSSR count). The molecule has 0 saturated carbocycles. The molecule has 1 aromatic carbocycles. The van der Waals surface area contributed by atoms with Crippen LogP contribution in [0.4, 0.5) is 0 Å². The minimum absolute atomic E-state index is 0.318. The molecule has 126 valence electrons. The van der Waals surface area contributed by atoms with Crippen molar-refractivity contribution in [2.45, 2.75) is 31.7 Å². The highest BCUT2D eigenvalue weighted by Gasteiger charge is 2.43. The third-order valence-electron chi connectivity index (χ3n) is 3.83. The summed E-state index contributed by atoms with van der Waals surface area (Å²) in [7, 11) is 0. The summed E-state index contributed by atoms with van der Waals surface area (Å²) in [6.07, 6.45) is 10.2. The van der Waals surface area contributed by atoms with Crippen molar-refractivity contribution >= 4 is 5.78 Å². The molecule has 1 aromatic rings. The van der Waals surface area contributed by atoms with E-state index in [0.29, 0.717) is 5.56 Å². The van der Waals surface area contributed by atoms with Gasteiger partial charge in [-0.15, -0.1) is 0 Å². The van der Waals surface area contributed by atoms with Crippen LogP contribution < -0.4 is 0 Å². The van der Waals surface area contributed by atoms with Gasteiger partial charge in [0, 0.05) is 5.56 Å². The fraction of sp³-hybridized carbons (Fsp3) is 0.250. The topological polar surface area (TPSA) is 77.8 Å². The molecule has 1 atom stereocenters. The van der Waals surface area contributed by atoms with E-state index in [1.54, 1.807) is 18.2 Å². The van der Waals surface area contributed by atoms with Crippen molar-refractivity contribution in [1.29, 1.82) is 0 Å². The van der Waals surface area contributed by atoms with Crippen molar-refractivity contribution in [3.05, 3.63) is 83.5 Å². The Balaban J connectivity index is 2.18. The van der Waals surface area contributed by atoms with Gasteiger partial charge in [-0.1, -0.05) is 42.0 Å². The standard InChI is InChI=1S/C20H22O4/c1-15(2)8-9-16-6-5-7-17(14-16)18(21)10-13-19(22)11-3-4-12-20(19,23)24/h3-8,10-14,22-24H,9H2,1-2H3. The molecule has 0 amide bonds. The first-order chi connectivity index (χ1) is 11.2. The third kappa shape index (κ3) is 4.17. The lowest BCUT2D eigenvalue weighted by atomic mass is 9.88. The molecule has 1 aliphatic rings. The minimum atomic E-state index is -2.45. The zero-order chi connectivity index (χ0) is 17.8. The Hall–Kier alpha value is -2.27. The van der Waals surface area contributed by atoms with Gasteiger partial charge in [0.15, 0.2) is 11.4 Å². The SMILES string of the molecule is CC(C)=CCc1cccc(C(=O)C=CC2(O)C=CC=CC2(O)O)c1. The van der Waals surface area contributed by atoms with Crippen molar-refractivity contribution in [3.8, 4) is 0 Å². The number of allylic oxidation sites excluding steroid dienone is 5. The molecule has 0 bridgehead atoms. The Morgan fingerprint density at radius 3 is 2.50 bits per heavy atom. The molecule has 4 heteroatoms. The summed E-state index contributed by atoms with van der Waals surface area (Å²) in [4.78, 5) is 12.3. The molecular weight excluding hydrogens is 304 g/mol. The van der Waals surface area contributed by atoms with Gasteiger partial charge in [0.05, 0.1) is 0 Å². The van der Waals surface area contributed by atoms with E-state index in [0.717, 1.165) is 30.2 Å². The molecule has 4 nitrogen and oxygen atoms in total. The van der Waals surface area contributed by atoms with Gasteiger partial charge < -0.3 is 15.3 Å². The smallest absolute Gasteiger partial charge is 0.220 e. The maximum atomic E-state index is 12.3. The second-order valence-corrected chi connectivity index (χ2v) is 6.15. The predicted molar refractivity (Wildman–Crippen MR) is 93.4 cm³/mol. The number of benzene rings is 1.